The van der Waals surface area contributed by atoms with Crippen molar-refractivity contribution in [2.24, 2.45) is 5.73 Å². The van der Waals surface area contributed by atoms with Gasteiger partial charge in [-0.15, -0.1) is 0 Å². The molecule has 1 saturated carbocycles. The highest BCUT2D eigenvalue weighted by Crippen LogP contribution is 2.46. The molecule has 0 heterocycles. The molecule has 2 N–H and O–H groups in total. The van der Waals surface area contributed by atoms with Gasteiger partial charge in [-0.1, -0.05) is 13.8 Å². The fraction of sp³-hybridized carbons (Fsp3) is 0.600. The number of nitrogens with two attached hydrogens (primary N) is 1. The van der Waals surface area contributed by atoms with Crippen molar-refractivity contribution in [3.05, 3.63) is 21.7 Å². The van der Waals surface area contributed by atoms with Gasteiger partial charge in [0.05, 0.1) is 14.2 Å². The smallest absolute Gasteiger partial charge is 0.140 e. The summed E-state index contributed by atoms with van der Waals surface area (Å²) in [5, 5.41) is 0. The average Bonchev–Trinajstić information content (AvgIpc) is 3.06. The SMILES string of the molecule is COc1c(CC2(N)CC2)cc(C(C)C)c(OC)c1Br. The van der Waals surface area contributed by atoms with Gasteiger partial charge in [0.2, 0.25) is 0 Å². The van der Waals surface area contributed by atoms with Crippen LogP contribution in [0.2, 0.25) is 0 Å². The Morgan fingerprint density at radius 1 is 1.26 bits per heavy atom. The maximum atomic E-state index is 6.25. The van der Waals surface area contributed by atoms with Gasteiger partial charge >= 0.3 is 0 Å². The lowest BCUT2D eigenvalue weighted by Crippen LogP contribution is -2.25. The summed E-state index contributed by atoms with van der Waals surface area (Å²) in [6.45, 7) is 4.33. The molecule has 0 aliphatic heterocycles. The van der Waals surface area contributed by atoms with Crippen LogP contribution in [-0.2, 0) is 6.42 Å². The van der Waals surface area contributed by atoms with Crippen LogP contribution in [0, 0.1) is 0 Å². The molecule has 0 unspecified atom stereocenters. The fourth-order valence-corrected chi connectivity index (χ4v) is 3.20. The first-order chi connectivity index (χ1) is 8.91. The fourth-order valence-electron chi connectivity index (χ4n) is 2.39. The van der Waals surface area contributed by atoms with Crippen molar-refractivity contribution >= 4 is 15.9 Å². The van der Waals surface area contributed by atoms with Gasteiger partial charge in [-0.25, -0.2) is 0 Å². The normalized spacial score (nSPS) is 16.6. The van der Waals surface area contributed by atoms with E-state index >= 15 is 0 Å². The van der Waals surface area contributed by atoms with Crippen LogP contribution in [0.25, 0.3) is 0 Å². The van der Waals surface area contributed by atoms with Crippen LogP contribution in [-0.4, -0.2) is 19.8 Å². The van der Waals surface area contributed by atoms with Crippen molar-refractivity contribution < 1.29 is 9.47 Å². The van der Waals surface area contributed by atoms with E-state index in [0.717, 1.165) is 35.2 Å². The van der Waals surface area contributed by atoms with E-state index in [1.807, 2.05) is 0 Å². The van der Waals surface area contributed by atoms with Crippen molar-refractivity contribution in [2.45, 2.75) is 44.6 Å². The number of rotatable bonds is 5. The van der Waals surface area contributed by atoms with Gasteiger partial charge in [-0.2, -0.15) is 0 Å². The molecule has 0 radical (unpaired) electrons. The number of methoxy groups -OCH3 is 2. The minimum atomic E-state index is -0.0322. The Labute approximate surface area is 123 Å². The zero-order chi connectivity index (χ0) is 14.2. The van der Waals surface area contributed by atoms with E-state index in [4.69, 9.17) is 15.2 Å². The highest BCUT2D eigenvalue weighted by atomic mass is 79.9. The summed E-state index contributed by atoms with van der Waals surface area (Å²) in [5.74, 6) is 2.10. The first kappa shape index (κ1) is 14.7. The summed E-state index contributed by atoms with van der Waals surface area (Å²) in [7, 11) is 3.38. The molecule has 0 amide bonds. The Morgan fingerprint density at radius 3 is 2.26 bits per heavy atom. The first-order valence-electron chi connectivity index (χ1n) is 6.64. The van der Waals surface area contributed by atoms with Crippen molar-refractivity contribution in [3.63, 3.8) is 0 Å². The lowest BCUT2D eigenvalue weighted by molar-refractivity contribution is 0.380. The summed E-state index contributed by atoms with van der Waals surface area (Å²) in [5.41, 5.74) is 8.57. The van der Waals surface area contributed by atoms with Crippen LogP contribution in [0.4, 0.5) is 0 Å². The Kier molecular flexibility index (Phi) is 4.11. The number of halogens is 1. The lowest BCUT2D eigenvalue weighted by atomic mass is 9.95. The minimum Gasteiger partial charge on any atom is -0.495 e. The molecule has 0 aromatic heterocycles. The second-order valence-electron chi connectivity index (χ2n) is 5.70. The summed E-state index contributed by atoms with van der Waals surface area (Å²) in [6.07, 6.45) is 3.05. The summed E-state index contributed by atoms with van der Waals surface area (Å²) >= 11 is 3.61. The molecular weight excluding hydrogens is 306 g/mol. The Hall–Kier alpha value is -0.740. The number of hydrogen-bond acceptors (Lipinski definition) is 3. The van der Waals surface area contributed by atoms with Gasteiger partial charge in [0.15, 0.2) is 0 Å². The minimum absolute atomic E-state index is 0.0322. The van der Waals surface area contributed by atoms with E-state index in [-0.39, 0.29) is 5.54 Å². The Morgan fingerprint density at radius 2 is 1.84 bits per heavy atom. The molecule has 0 saturated heterocycles. The molecule has 1 aromatic carbocycles. The highest BCUT2D eigenvalue weighted by molar-refractivity contribution is 9.10. The van der Waals surface area contributed by atoms with Crippen molar-refractivity contribution in [1.82, 2.24) is 0 Å². The van der Waals surface area contributed by atoms with E-state index in [9.17, 15) is 0 Å². The molecule has 0 spiro atoms. The quantitative estimate of drug-likeness (QED) is 0.898. The molecule has 1 aliphatic rings. The molecule has 19 heavy (non-hydrogen) atoms. The van der Waals surface area contributed by atoms with Crippen LogP contribution in [0.5, 0.6) is 11.5 Å². The predicted octanol–water partition coefficient (Wildman–Crippen LogP) is 3.62. The van der Waals surface area contributed by atoms with Crippen LogP contribution >= 0.6 is 15.9 Å². The molecule has 1 aliphatic carbocycles. The van der Waals surface area contributed by atoms with Gasteiger partial charge in [0, 0.05) is 5.54 Å². The van der Waals surface area contributed by atoms with Gasteiger partial charge in [0.25, 0.3) is 0 Å². The standard InChI is InChI=1S/C15H22BrNO2/c1-9(2)11-7-10(8-15(17)5-6-15)13(18-3)12(16)14(11)19-4/h7,9H,5-6,8,17H2,1-4H3. The monoisotopic (exact) mass is 327 g/mol. The third kappa shape index (κ3) is 2.90. The second kappa shape index (κ2) is 5.33. The van der Waals surface area contributed by atoms with E-state index in [0.29, 0.717) is 5.92 Å². The van der Waals surface area contributed by atoms with Crippen LogP contribution in [0.15, 0.2) is 10.5 Å². The van der Waals surface area contributed by atoms with E-state index in [1.54, 1.807) is 14.2 Å². The van der Waals surface area contributed by atoms with Crippen molar-refractivity contribution in [1.29, 1.82) is 0 Å². The average molecular weight is 328 g/mol. The molecule has 3 nitrogen and oxygen atoms in total. The third-order valence-corrected chi connectivity index (χ3v) is 4.47. The first-order valence-corrected chi connectivity index (χ1v) is 7.43. The molecule has 1 fully saturated rings. The lowest BCUT2D eigenvalue weighted by Gasteiger charge is -2.21. The van der Waals surface area contributed by atoms with Crippen LogP contribution < -0.4 is 15.2 Å². The van der Waals surface area contributed by atoms with Gasteiger partial charge < -0.3 is 15.2 Å². The predicted molar refractivity (Wildman–Crippen MR) is 81.2 cm³/mol. The third-order valence-electron chi connectivity index (χ3n) is 3.75. The number of benzene rings is 1. The van der Waals surface area contributed by atoms with Gasteiger partial charge in [0.1, 0.15) is 16.0 Å². The molecule has 0 atom stereocenters. The largest absolute Gasteiger partial charge is 0.495 e. The zero-order valence-electron chi connectivity index (χ0n) is 12.0. The summed E-state index contributed by atoms with van der Waals surface area (Å²) < 4.78 is 12.0. The van der Waals surface area contributed by atoms with E-state index in [1.165, 1.54) is 11.1 Å². The second-order valence-corrected chi connectivity index (χ2v) is 6.49. The number of ether oxygens (including phenoxy) is 2. The summed E-state index contributed by atoms with van der Waals surface area (Å²) in [4.78, 5) is 0. The van der Waals surface area contributed by atoms with Gasteiger partial charge in [-0.05, 0) is 58.3 Å². The van der Waals surface area contributed by atoms with Gasteiger partial charge in [-0.3, -0.25) is 0 Å². The molecule has 1 aromatic rings. The molecule has 106 valence electrons. The van der Waals surface area contributed by atoms with Crippen molar-refractivity contribution in [3.8, 4) is 11.5 Å². The highest BCUT2D eigenvalue weighted by Gasteiger charge is 2.39. The molecule has 0 bridgehead atoms. The molecule has 2 rings (SSSR count). The molecule has 4 heteroatoms. The van der Waals surface area contributed by atoms with Crippen LogP contribution in [0.1, 0.15) is 43.7 Å². The Balaban J connectivity index is 2.51. The maximum Gasteiger partial charge on any atom is 0.140 e. The van der Waals surface area contributed by atoms with Crippen LogP contribution in [0.3, 0.4) is 0 Å². The van der Waals surface area contributed by atoms with E-state index < -0.39 is 0 Å². The molecular formula is C15H22BrNO2. The van der Waals surface area contributed by atoms with E-state index in [2.05, 4.69) is 35.8 Å². The number of hydrogen-bond donors (Lipinski definition) is 1. The van der Waals surface area contributed by atoms with Crippen molar-refractivity contribution in [2.75, 3.05) is 14.2 Å². The zero-order valence-corrected chi connectivity index (χ0v) is 13.6. The Bertz CT molecular complexity index is 482. The summed E-state index contributed by atoms with van der Waals surface area (Å²) in [6, 6.07) is 2.18. The topological polar surface area (TPSA) is 44.5 Å². The maximum absolute atomic E-state index is 6.25.